The van der Waals surface area contributed by atoms with Crippen LogP contribution in [-0.4, -0.2) is 43.1 Å². The second kappa shape index (κ2) is 8.99. The van der Waals surface area contributed by atoms with E-state index in [4.69, 9.17) is 14.7 Å². The number of rotatable bonds is 4. The molecule has 2 heterocycles. The molecule has 2 amide bonds. The maximum atomic E-state index is 12.2. The van der Waals surface area contributed by atoms with Crippen LogP contribution in [0.15, 0.2) is 18.3 Å². The standard InChI is InChI=1S/C20H27N7O4/c1-12(23-17(28)30-19(2,3)4)15-24-16(25-18(29)31-20(5,6)7)26-27(15)14-9-8-13(10-21)11-22-14/h8-9,11-12H,1-7H3,(H,23,28)(H,25,26,29). The molecule has 1 atom stereocenters. The number of alkyl carbamates (subject to hydrolysis) is 1. The van der Waals surface area contributed by atoms with Crippen LogP contribution in [0.5, 0.6) is 0 Å². The van der Waals surface area contributed by atoms with Crippen molar-refractivity contribution < 1.29 is 19.1 Å². The second-order valence-corrected chi connectivity index (χ2v) is 8.72. The van der Waals surface area contributed by atoms with Gasteiger partial charge in [-0.2, -0.15) is 14.9 Å². The van der Waals surface area contributed by atoms with Crippen molar-refractivity contribution in [2.75, 3.05) is 5.32 Å². The van der Waals surface area contributed by atoms with Crippen LogP contribution in [0.1, 0.15) is 65.9 Å². The van der Waals surface area contributed by atoms with Crippen LogP contribution in [-0.2, 0) is 9.47 Å². The SMILES string of the molecule is CC(NC(=O)OC(C)(C)C)c1nc(NC(=O)OC(C)(C)C)nn1-c1ccc(C#N)cn1. The summed E-state index contributed by atoms with van der Waals surface area (Å²) >= 11 is 0. The number of ether oxygens (including phenoxy) is 2. The Balaban J connectivity index is 2.34. The summed E-state index contributed by atoms with van der Waals surface area (Å²) in [6, 6.07) is 4.49. The Morgan fingerprint density at radius 2 is 1.71 bits per heavy atom. The summed E-state index contributed by atoms with van der Waals surface area (Å²) in [7, 11) is 0. The largest absolute Gasteiger partial charge is 0.444 e. The fraction of sp³-hybridized carbons (Fsp3) is 0.500. The molecular weight excluding hydrogens is 402 g/mol. The Hall–Kier alpha value is -3.68. The summed E-state index contributed by atoms with van der Waals surface area (Å²) in [5.41, 5.74) is -0.997. The summed E-state index contributed by atoms with van der Waals surface area (Å²) in [5, 5.41) is 18.4. The number of pyridine rings is 1. The molecule has 11 heteroatoms. The monoisotopic (exact) mass is 429 g/mol. The van der Waals surface area contributed by atoms with Crippen molar-refractivity contribution in [2.24, 2.45) is 0 Å². The van der Waals surface area contributed by atoms with E-state index in [0.717, 1.165) is 0 Å². The van der Waals surface area contributed by atoms with Gasteiger partial charge in [0, 0.05) is 6.20 Å². The van der Waals surface area contributed by atoms with Crippen molar-refractivity contribution in [3.05, 3.63) is 29.7 Å². The van der Waals surface area contributed by atoms with Gasteiger partial charge in [0.1, 0.15) is 17.3 Å². The topological polar surface area (TPSA) is 144 Å². The summed E-state index contributed by atoms with van der Waals surface area (Å²) in [6.45, 7) is 12.1. The lowest BCUT2D eigenvalue weighted by Gasteiger charge is -2.21. The molecule has 1 unspecified atom stereocenters. The van der Waals surface area contributed by atoms with E-state index in [9.17, 15) is 9.59 Å². The van der Waals surface area contributed by atoms with E-state index in [2.05, 4.69) is 25.7 Å². The van der Waals surface area contributed by atoms with Gasteiger partial charge in [-0.1, -0.05) is 0 Å². The Kier molecular flexibility index (Phi) is 6.84. The third-order valence-corrected chi connectivity index (χ3v) is 3.46. The second-order valence-electron chi connectivity index (χ2n) is 8.72. The number of aromatic nitrogens is 4. The molecule has 2 aromatic heterocycles. The Bertz CT molecular complexity index is 979. The molecule has 2 N–H and O–H groups in total. The van der Waals surface area contributed by atoms with Crippen molar-refractivity contribution in [2.45, 2.75) is 65.7 Å². The number of hydrogen-bond donors (Lipinski definition) is 2. The first-order valence-electron chi connectivity index (χ1n) is 9.60. The van der Waals surface area contributed by atoms with Crippen molar-refractivity contribution in [1.29, 1.82) is 5.26 Å². The number of carbonyl (C=O) groups excluding carboxylic acids is 2. The van der Waals surface area contributed by atoms with Crippen molar-refractivity contribution in [3.8, 4) is 11.9 Å². The average molecular weight is 429 g/mol. The number of amides is 2. The predicted molar refractivity (Wildman–Crippen MR) is 112 cm³/mol. The van der Waals surface area contributed by atoms with E-state index in [0.29, 0.717) is 11.4 Å². The van der Waals surface area contributed by atoms with Gasteiger partial charge in [0.15, 0.2) is 11.6 Å². The first kappa shape index (κ1) is 23.6. The zero-order valence-electron chi connectivity index (χ0n) is 18.7. The first-order chi connectivity index (χ1) is 14.3. The Labute approximate surface area is 180 Å². The molecule has 11 nitrogen and oxygen atoms in total. The molecule has 0 radical (unpaired) electrons. The molecule has 31 heavy (non-hydrogen) atoms. The van der Waals surface area contributed by atoms with Gasteiger partial charge in [0.25, 0.3) is 5.95 Å². The maximum Gasteiger partial charge on any atom is 0.414 e. The molecule has 0 bridgehead atoms. The van der Waals surface area contributed by atoms with Crippen LogP contribution in [0.25, 0.3) is 5.82 Å². The average Bonchev–Trinajstić information content (AvgIpc) is 3.02. The fourth-order valence-corrected chi connectivity index (χ4v) is 2.35. The van der Waals surface area contributed by atoms with Gasteiger partial charge in [-0.25, -0.2) is 14.6 Å². The lowest BCUT2D eigenvalue weighted by molar-refractivity contribution is 0.0504. The molecule has 0 aliphatic rings. The smallest absolute Gasteiger partial charge is 0.414 e. The Morgan fingerprint density at radius 3 is 2.23 bits per heavy atom. The van der Waals surface area contributed by atoms with Crippen LogP contribution in [0.3, 0.4) is 0 Å². The molecule has 0 aromatic carbocycles. The van der Waals surface area contributed by atoms with Gasteiger partial charge in [-0.05, 0) is 60.6 Å². The molecule has 2 aromatic rings. The lowest BCUT2D eigenvalue weighted by Crippen LogP contribution is -2.35. The summed E-state index contributed by atoms with van der Waals surface area (Å²) in [4.78, 5) is 32.8. The molecule has 166 valence electrons. The first-order valence-corrected chi connectivity index (χ1v) is 9.60. The summed E-state index contributed by atoms with van der Waals surface area (Å²) in [6.07, 6.45) is 0.0222. The normalized spacial score (nSPS) is 12.5. The predicted octanol–water partition coefficient (Wildman–Crippen LogP) is 3.47. The third-order valence-electron chi connectivity index (χ3n) is 3.46. The fourth-order valence-electron chi connectivity index (χ4n) is 2.35. The van der Waals surface area contributed by atoms with E-state index in [1.165, 1.54) is 10.9 Å². The zero-order valence-corrected chi connectivity index (χ0v) is 18.7. The van der Waals surface area contributed by atoms with E-state index < -0.39 is 29.4 Å². The molecule has 0 fully saturated rings. The molecule has 0 saturated carbocycles. The molecule has 0 aliphatic carbocycles. The molecule has 0 saturated heterocycles. The zero-order chi connectivity index (χ0) is 23.4. The van der Waals surface area contributed by atoms with Gasteiger partial charge < -0.3 is 14.8 Å². The summed E-state index contributed by atoms with van der Waals surface area (Å²) in [5.74, 6) is 0.596. The highest BCUT2D eigenvalue weighted by Crippen LogP contribution is 2.19. The van der Waals surface area contributed by atoms with Crippen LogP contribution < -0.4 is 10.6 Å². The number of nitriles is 1. The maximum absolute atomic E-state index is 12.2. The van der Waals surface area contributed by atoms with Gasteiger partial charge in [-0.3, -0.25) is 5.32 Å². The van der Waals surface area contributed by atoms with Crippen LogP contribution in [0, 0.1) is 11.3 Å². The van der Waals surface area contributed by atoms with Gasteiger partial charge in [0.05, 0.1) is 11.6 Å². The highest BCUT2D eigenvalue weighted by atomic mass is 16.6. The van der Waals surface area contributed by atoms with Crippen LogP contribution in [0.4, 0.5) is 15.5 Å². The van der Waals surface area contributed by atoms with E-state index in [1.54, 1.807) is 60.6 Å². The van der Waals surface area contributed by atoms with Crippen molar-refractivity contribution in [1.82, 2.24) is 25.1 Å². The molecule has 0 spiro atoms. The minimum absolute atomic E-state index is 0.0340. The summed E-state index contributed by atoms with van der Waals surface area (Å²) < 4.78 is 11.9. The van der Waals surface area contributed by atoms with Crippen LogP contribution >= 0.6 is 0 Å². The van der Waals surface area contributed by atoms with E-state index in [-0.39, 0.29) is 11.8 Å². The van der Waals surface area contributed by atoms with E-state index in [1.807, 2.05) is 6.07 Å². The number of carbonyl (C=O) groups is 2. The quantitative estimate of drug-likeness (QED) is 0.752. The molecular formula is C20H27N7O4. The molecule has 2 rings (SSSR count). The number of hydrogen-bond acceptors (Lipinski definition) is 8. The minimum atomic E-state index is -0.725. The number of nitrogens with one attached hydrogen (secondary N) is 2. The Morgan fingerprint density at radius 1 is 1.10 bits per heavy atom. The highest BCUT2D eigenvalue weighted by molar-refractivity contribution is 5.82. The van der Waals surface area contributed by atoms with Gasteiger partial charge >= 0.3 is 12.2 Å². The van der Waals surface area contributed by atoms with Gasteiger partial charge in [-0.15, -0.1) is 5.10 Å². The van der Waals surface area contributed by atoms with Crippen LogP contribution in [0.2, 0.25) is 0 Å². The third kappa shape index (κ3) is 7.26. The van der Waals surface area contributed by atoms with Crippen molar-refractivity contribution in [3.63, 3.8) is 0 Å². The van der Waals surface area contributed by atoms with E-state index >= 15 is 0 Å². The number of anilines is 1. The van der Waals surface area contributed by atoms with Crippen molar-refractivity contribution >= 4 is 18.1 Å². The highest BCUT2D eigenvalue weighted by Gasteiger charge is 2.25. The molecule has 0 aliphatic heterocycles. The van der Waals surface area contributed by atoms with Gasteiger partial charge in [0.2, 0.25) is 0 Å². The minimum Gasteiger partial charge on any atom is -0.444 e. The lowest BCUT2D eigenvalue weighted by atomic mass is 10.2. The number of nitrogens with zero attached hydrogens (tertiary/aromatic N) is 5.